The van der Waals surface area contributed by atoms with E-state index in [1.54, 1.807) is 0 Å². The second-order valence-electron chi connectivity index (χ2n) is 11.0. The summed E-state index contributed by atoms with van der Waals surface area (Å²) in [6, 6.07) is 41.3. The van der Waals surface area contributed by atoms with Crippen LogP contribution in [0, 0.1) is 0 Å². The highest BCUT2D eigenvalue weighted by Crippen LogP contribution is 2.41. The van der Waals surface area contributed by atoms with E-state index in [-0.39, 0.29) is 5.41 Å². The number of para-hydroxylation sites is 1. The molecule has 0 fully saturated rings. The number of aromatic nitrogens is 1. The standard InChI is InChI=1S/C38H28N2/c1-38(25-10-3-2-4-11-25)22-20-32-33-16-9-17-35(39)37(33)40(36(32)21-23-38)26-18-19-31-29-14-6-5-12-27(29)28-13-7-8-15-30(28)34(31)24-26/h2-24H,39H2,1H3. The number of rotatable bonds is 2. The van der Waals surface area contributed by atoms with Crippen LogP contribution in [0.4, 0.5) is 5.69 Å². The van der Waals surface area contributed by atoms with Crippen LogP contribution in [0.2, 0.25) is 0 Å². The Hall–Kier alpha value is -5.08. The molecule has 0 aliphatic heterocycles. The molecular weight excluding hydrogens is 484 g/mol. The van der Waals surface area contributed by atoms with Crippen molar-refractivity contribution in [1.29, 1.82) is 0 Å². The predicted molar refractivity (Wildman–Crippen MR) is 172 cm³/mol. The van der Waals surface area contributed by atoms with E-state index in [2.05, 4.69) is 145 Å². The molecule has 6 aromatic carbocycles. The third-order valence-corrected chi connectivity index (χ3v) is 8.66. The lowest BCUT2D eigenvalue weighted by Gasteiger charge is -2.22. The molecular formula is C38H28N2. The van der Waals surface area contributed by atoms with Gasteiger partial charge in [-0.15, -0.1) is 0 Å². The molecule has 8 rings (SSSR count). The summed E-state index contributed by atoms with van der Waals surface area (Å²) in [4.78, 5) is 0. The first-order chi connectivity index (χ1) is 19.6. The zero-order chi connectivity index (χ0) is 26.8. The third-order valence-electron chi connectivity index (χ3n) is 8.66. The Bertz CT molecular complexity index is 2140. The number of hydrogen-bond acceptors (Lipinski definition) is 1. The Morgan fingerprint density at radius 1 is 0.550 bits per heavy atom. The summed E-state index contributed by atoms with van der Waals surface area (Å²) in [5, 5.41) is 8.79. The van der Waals surface area contributed by atoms with Crippen LogP contribution in [0.3, 0.4) is 0 Å². The van der Waals surface area contributed by atoms with Crippen molar-refractivity contribution in [3.05, 3.63) is 144 Å². The van der Waals surface area contributed by atoms with Gasteiger partial charge in [-0.2, -0.15) is 0 Å². The van der Waals surface area contributed by atoms with Crippen molar-refractivity contribution < 1.29 is 0 Å². The maximum atomic E-state index is 6.70. The zero-order valence-corrected chi connectivity index (χ0v) is 22.3. The topological polar surface area (TPSA) is 30.9 Å². The van der Waals surface area contributed by atoms with Crippen molar-refractivity contribution in [3.8, 4) is 5.69 Å². The number of benzene rings is 6. The van der Waals surface area contributed by atoms with Crippen LogP contribution in [0.25, 0.3) is 61.1 Å². The molecule has 1 unspecified atom stereocenters. The molecule has 1 aliphatic carbocycles. The summed E-state index contributed by atoms with van der Waals surface area (Å²) >= 11 is 0. The van der Waals surface area contributed by atoms with Crippen molar-refractivity contribution in [1.82, 2.24) is 4.57 Å². The molecule has 190 valence electrons. The first-order valence-electron chi connectivity index (χ1n) is 13.8. The van der Waals surface area contributed by atoms with Gasteiger partial charge in [-0.1, -0.05) is 115 Å². The normalized spacial score (nSPS) is 16.6. The number of nitrogens with zero attached hydrogens (tertiary/aromatic N) is 1. The molecule has 1 atom stereocenters. The van der Waals surface area contributed by atoms with E-state index in [4.69, 9.17) is 5.73 Å². The number of allylic oxidation sites excluding steroid dienone is 2. The van der Waals surface area contributed by atoms with E-state index in [0.29, 0.717) is 0 Å². The van der Waals surface area contributed by atoms with E-state index in [9.17, 15) is 0 Å². The smallest absolute Gasteiger partial charge is 0.0771 e. The van der Waals surface area contributed by atoms with Crippen LogP contribution in [0.5, 0.6) is 0 Å². The average Bonchev–Trinajstić information content (AvgIpc) is 3.23. The van der Waals surface area contributed by atoms with Gasteiger partial charge in [0, 0.05) is 22.1 Å². The van der Waals surface area contributed by atoms with Crippen molar-refractivity contribution in [2.24, 2.45) is 0 Å². The fraction of sp³-hybridized carbons (Fsp3) is 0.0526. The third kappa shape index (κ3) is 3.23. The highest BCUT2D eigenvalue weighted by Gasteiger charge is 2.25. The summed E-state index contributed by atoms with van der Waals surface area (Å²) in [6.07, 6.45) is 9.20. The first kappa shape index (κ1) is 22.9. The van der Waals surface area contributed by atoms with Crippen LogP contribution in [-0.4, -0.2) is 4.57 Å². The van der Waals surface area contributed by atoms with Gasteiger partial charge in [0.05, 0.1) is 16.9 Å². The minimum Gasteiger partial charge on any atom is -0.397 e. The van der Waals surface area contributed by atoms with E-state index in [1.165, 1.54) is 43.4 Å². The molecule has 2 heteroatoms. The Morgan fingerprint density at radius 3 is 1.82 bits per heavy atom. The molecule has 2 nitrogen and oxygen atoms in total. The lowest BCUT2D eigenvalue weighted by Crippen LogP contribution is -2.14. The quantitative estimate of drug-likeness (QED) is 0.181. The molecule has 1 heterocycles. The summed E-state index contributed by atoms with van der Waals surface area (Å²) in [7, 11) is 0. The molecule has 0 spiro atoms. The van der Waals surface area contributed by atoms with Crippen molar-refractivity contribution in [3.63, 3.8) is 0 Å². The number of nitrogens with two attached hydrogens (primary N) is 1. The van der Waals surface area contributed by atoms with Crippen LogP contribution in [-0.2, 0) is 5.41 Å². The van der Waals surface area contributed by atoms with Gasteiger partial charge in [-0.25, -0.2) is 0 Å². The maximum Gasteiger partial charge on any atom is 0.0771 e. The number of nitrogen functional groups attached to an aromatic ring is 1. The van der Waals surface area contributed by atoms with Gasteiger partial charge in [0.25, 0.3) is 0 Å². The van der Waals surface area contributed by atoms with Gasteiger partial charge in [0.1, 0.15) is 0 Å². The van der Waals surface area contributed by atoms with Gasteiger partial charge < -0.3 is 10.3 Å². The molecule has 7 aromatic rings. The second-order valence-corrected chi connectivity index (χ2v) is 11.0. The number of fused-ring (bicyclic) bond motifs is 9. The van der Waals surface area contributed by atoms with E-state index < -0.39 is 0 Å². The molecule has 1 aromatic heterocycles. The Labute approximate surface area is 233 Å². The predicted octanol–water partition coefficient (Wildman–Crippen LogP) is 9.67. The highest BCUT2D eigenvalue weighted by atomic mass is 15.0. The Kier molecular flexibility index (Phi) is 4.84. The van der Waals surface area contributed by atoms with Crippen LogP contribution >= 0.6 is 0 Å². The first-order valence-corrected chi connectivity index (χ1v) is 13.8. The zero-order valence-electron chi connectivity index (χ0n) is 22.3. The molecule has 40 heavy (non-hydrogen) atoms. The number of hydrogen-bond donors (Lipinski definition) is 1. The van der Waals surface area contributed by atoms with Gasteiger partial charge in [-0.3, -0.25) is 0 Å². The molecule has 0 saturated carbocycles. The van der Waals surface area contributed by atoms with Crippen LogP contribution in [0.1, 0.15) is 23.7 Å². The van der Waals surface area contributed by atoms with Crippen LogP contribution < -0.4 is 5.73 Å². The summed E-state index contributed by atoms with van der Waals surface area (Å²) in [5.41, 5.74) is 13.0. The lowest BCUT2D eigenvalue weighted by molar-refractivity contribution is 0.766. The Morgan fingerprint density at radius 2 is 1.12 bits per heavy atom. The van der Waals surface area contributed by atoms with E-state index >= 15 is 0 Å². The van der Waals surface area contributed by atoms with Crippen LogP contribution in [0.15, 0.2) is 127 Å². The molecule has 2 N–H and O–H groups in total. The van der Waals surface area contributed by atoms with Gasteiger partial charge in [0.2, 0.25) is 0 Å². The lowest BCUT2D eigenvalue weighted by atomic mass is 9.82. The summed E-state index contributed by atoms with van der Waals surface area (Å²) in [5.74, 6) is 0. The molecule has 1 aliphatic rings. The molecule has 0 radical (unpaired) electrons. The summed E-state index contributed by atoms with van der Waals surface area (Å²) < 4.78 is 2.35. The van der Waals surface area contributed by atoms with Gasteiger partial charge in [0.15, 0.2) is 0 Å². The number of anilines is 1. The SMILES string of the molecule is CC1(c2ccccc2)C=Cc2c(n(-c3ccc4c5ccccc5c5ccccc5c4c3)c3c(N)cccc23)C=C1. The van der Waals surface area contributed by atoms with E-state index in [1.807, 2.05) is 6.07 Å². The van der Waals surface area contributed by atoms with E-state index in [0.717, 1.165) is 28.0 Å². The van der Waals surface area contributed by atoms with Crippen molar-refractivity contribution >= 4 is 61.1 Å². The maximum absolute atomic E-state index is 6.70. The largest absolute Gasteiger partial charge is 0.397 e. The fourth-order valence-electron chi connectivity index (χ4n) is 6.60. The average molecular weight is 513 g/mol. The van der Waals surface area contributed by atoms with Crippen molar-refractivity contribution in [2.45, 2.75) is 12.3 Å². The molecule has 0 amide bonds. The van der Waals surface area contributed by atoms with Gasteiger partial charge in [-0.05, 0) is 69.1 Å². The monoisotopic (exact) mass is 512 g/mol. The molecule has 0 bridgehead atoms. The minimum atomic E-state index is -0.212. The second kappa shape index (κ2) is 8.46. The van der Waals surface area contributed by atoms with Crippen molar-refractivity contribution in [2.75, 3.05) is 5.73 Å². The highest BCUT2D eigenvalue weighted by molar-refractivity contribution is 6.25. The molecule has 0 saturated heterocycles. The Balaban J connectivity index is 1.44. The van der Waals surface area contributed by atoms with Gasteiger partial charge >= 0.3 is 0 Å². The fourth-order valence-corrected chi connectivity index (χ4v) is 6.60. The summed E-state index contributed by atoms with van der Waals surface area (Å²) in [6.45, 7) is 2.27. The minimum absolute atomic E-state index is 0.212.